The van der Waals surface area contributed by atoms with Crippen molar-refractivity contribution in [2.45, 2.75) is 42.0 Å². The first-order chi connectivity index (χ1) is 20.7. The Morgan fingerprint density at radius 2 is 1.93 bits per heavy atom. The molecule has 0 amide bonds. The van der Waals surface area contributed by atoms with E-state index in [0.717, 1.165) is 73.2 Å². The molecule has 0 saturated carbocycles. The number of ether oxygens (including phenoxy) is 4. The highest BCUT2D eigenvalue weighted by atomic mass is 32.2. The molecule has 3 heterocycles. The van der Waals surface area contributed by atoms with Gasteiger partial charge in [-0.25, -0.2) is 4.98 Å². The Bertz CT molecular complexity index is 1400. The van der Waals surface area contributed by atoms with Crippen LogP contribution in [0.25, 0.3) is 0 Å². The summed E-state index contributed by atoms with van der Waals surface area (Å²) in [5.74, 6) is 8.30. The van der Waals surface area contributed by atoms with Crippen molar-refractivity contribution in [3.63, 3.8) is 0 Å². The van der Waals surface area contributed by atoms with Crippen LogP contribution in [0.5, 0.6) is 11.6 Å². The minimum atomic E-state index is -0.102. The zero-order valence-electron chi connectivity index (χ0n) is 23.8. The Labute approximate surface area is 251 Å². The molecule has 0 radical (unpaired) electrons. The predicted molar refractivity (Wildman–Crippen MR) is 161 cm³/mol. The summed E-state index contributed by atoms with van der Waals surface area (Å²) in [4.78, 5) is 15.8. The molecule has 10 heteroatoms. The van der Waals surface area contributed by atoms with Crippen molar-refractivity contribution in [3.8, 4) is 29.5 Å². The number of anilines is 1. The van der Waals surface area contributed by atoms with E-state index in [2.05, 4.69) is 27.7 Å². The van der Waals surface area contributed by atoms with Crippen LogP contribution in [0, 0.1) is 23.2 Å². The van der Waals surface area contributed by atoms with E-state index >= 15 is 0 Å². The third kappa shape index (κ3) is 8.60. The summed E-state index contributed by atoms with van der Waals surface area (Å²) in [5, 5.41) is 9.13. The van der Waals surface area contributed by atoms with E-state index in [-0.39, 0.29) is 6.29 Å². The van der Waals surface area contributed by atoms with Gasteiger partial charge in [0.15, 0.2) is 6.29 Å². The highest BCUT2D eigenvalue weighted by Gasteiger charge is 2.21. The van der Waals surface area contributed by atoms with Crippen molar-refractivity contribution < 1.29 is 18.9 Å². The van der Waals surface area contributed by atoms with Crippen LogP contribution in [0.4, 0.5) is 5.95 Å². The summed E-state index contributed by atoms with van der Waals surface area (Å²) in [5.41, 5.74) is 1.60. The van der Waals surface area contributed by atoms with Crippen molar-refractivity contribution in [2.24, 2.45) is 0 Å². The quantitative estimate of drug-likeness (QED) is 0.310. The Hall–Kier alpha value is -3.80. The molecule has 42 heavy (non-hydrogen) atoms. The monoisotopic (exact) mass is 585 g/mol. The molecule has 2 saturated heterocycles. The third-order valence-corrected chi connectivity index (χ3v) is 8.00. The third-order valence-electron chi connectivity index (χ3n) is 6.99. The van der Waals surface area contributed by atoms with Gasteiger partial charge in [-0.3, -0.25) is 4.90 Å². The van der Waals surface area contributed by atoms with Crippen LogP contribution >= 0.6 is 11.8 Å². The van der Waals surface area contributed by atoms with E-state index in [0.29, 0.717) is 37.2 Å². The second kappa shape index (κ2) is 15.4. The molecule has 1 atom stereocenters. The maximum Gasteiger partial charge on any atom is 0.232 e. The number of methoxy groups -OCH3 is 1. The van der Waals surface area contributed by atoms with Crippen molar-refractivity contribution in [2.75, 3.05) is 57.9 Å². The van der Waals surface area contributed by atoms with Gasteiger partial charge in [-0.15, -0.1) is 0 Å². The van der Waals surface area contributed by atoms with Crippen molar-refractivity contribution >= 4 is 17.7 Å². The van der Waals surface area contributed by atoms with Gasteiger partial charge in [0.25, 0.3) is 0 Å². The lowest BCUT2D eigenvalue weighted by atomic mass is 10.2. The molecule has 2 aliphatic rings. The fraction of sp³-hybridized carbons (Fsp3) is 0.406. The topological polar surface area (TPSA) is 93.0 Å². The van der Waals surface area contributed by atoms with E-state index in [1.165, 1.54) is 11.8 Å². The molecule has 218 valence electrons. The molecule has 0 N–H and O–H groups in total. The fourth-order valence-corrected chi connectivity index (χ4v) is 5.44. The van der Waals surface area contributed by atoms with E-state index in [1.54, 1.807) is 19.2 Å². The SMILES string of the molecule is COc1cccc(COc2nc(N3CCN(CC#CCOC4CCCCO4)CC3)ncc2Sc2ccc(C#N)cc2)c1. The zero-order chi connectivity index (χ0) is 29.0. The molecule has 1 unspecified atom stereocenters. The number of hydrogen-bond donors (Lipinski definition) is 0. The van der Waals surface area contributed by atoms with Crippen LogP contribution in [-0.4, -0.2) is 74.2 Å². The molecule has 2 aliphatic heterocycles. The van der Waals surface area contributed by atoms with E-state index in [4.69, 9.17) is 34.2 Å². The highest BCUT2D eigenvalue weighted by Crippen LogP contribution is 2.35. The summed E-state index contributed by atoms with van der Waals surface area (Å²) in [7, 11) is 1.65. The Morgan fingerprint density at radius 3 is 2.69 bits per heavy atom. The van der Waals surface area contributed by atoms with E-state index in [9.17, 15) is 0 Å². The van der Waals surface area contributed by atoms with Gasteiger partial charge in [0, 0.05) is 37.7 Å². The van der Waals surface area contributed by atoms with Crippen LogP contribution < -0.4 is 14.4 Å². The van der Waals surface area contributed by atoms with Crippen molar-refractivity contribution in [1.82, 2.24) is 14.9 Å². The molecule has 3 aromatic rings. The van der Waals surface area contributed by atoms with Gasteiger partial charge in [-0.2, -0.15) is 10.2 Å². The van der Waals surface area contributed by atoms with E-state index < -0.39 is 0 Å². The summed E-state index contributed by atoms with van der Waals surface area (Å²) in [6.45, 7) is 5.57. The Kier molecular flexibility index (Phi) is 10.9. The lowest BCUT2D eigenvalue weighted by Crippen LogP contribution is -2.47. The van der Waals surface area contributed by atoms with E-state index in [1.807, 2.05) is 42.6 Å². The summed E-state index contributed by atoms with van der Waals surface area (Å²) in [6, 6.07) is 17.4. The minimum Gasteiger partial charge on any atom is -0.497 e. The van der Waals surface area contributed by atoms with Gasteiger partial charge < -0.3 is 23.8 Å². The number of benzene rings is 2. The first-order valence-electron chi connectivity index (χ1n) is 14.2. The van der Waals surface area contributed by atoms with Crippen LogP contribution in [0.2, 0.25) is 0 Å². The molecular weight excluding hydrogens is 550 g/mol. The van der Waals surface area contributed by atoms with Gasteiger partial charge in [0.05, 0.1) is 36.4 Å². The first kappa shape index (κ1) is 29.7. The molecule has 0 aliphatic carbocycles. The second-order valence-corrected chi connectivity index (χ2v) is 11.1. The molecule has 0 spiro atoms. The summed E-state index contributed by atoms with van der Waals surface area (Å²) in [6.07, 6.45) is 4.94. The maximum atomic E-state index is 9.13. The molecule has 0 bridgehead atoms. The highest BCUT2D eigenvalue weighted by molar-refractivity contribution is 7.99. The molecule has 2 fully saturated rings. The summed E-state index contributed by atoms with van der Waals surface area (Å²) >= 11 is 1.51. The largest absolute Gasteiger partial charge is 0.497 e. The van der Waals surface area contributed by atoms with Gasteiger partial charge in [0.2, 0.25) is 11.8 Å². The molecule has 1 aromatic heterocycles. The number of aromatic nitrogens is 2. The number of nitrogens with zero attached hydrogens (tertiary/aromatic N) is 5. The Morgan fingerprint density at radius 1 is 1.07 bits per heavy atom. The average Bonchev–Trinajstić information content (AvgIpc) is 3.05. The number of nitriles is 1. The van der Waals surface area contributed by atoms with Crippen LogP contribution in [-0.2, 0) is 16.1 Å². The predicted octanol–water partition coefficient (Wildman–Crippen LogP) is 4.76. The second-order valence-electron chi connectivity index (χ2n) is 9.94. The van der Waals surface area contributed by atoms with Gasteiger partial charge >= 0.3 is 0 Å². The van der Waals surface area contributed by atoms with Gasteiger partial charge in [-0.05, 0) is 61.2 Å². The van der Waals surface area contributed by atoms with Crippen LogP contribution in [0.1, 0.15) is 30.4 Å². The molecular formula is C32H35N5O4S. The standard InChI is InChI=1S/C32H35N5O4S/c1-38-27-8-6-7-26(21-27)24-41-31-29(42-28-12-10-25(22-33)11-13-28)23-34-32(35-31)37-17-15-36(16-18-37)14-3-5-20-40-30-9-2-4-19-39-30/h6-8,10-13,21,23,30H,2,4,9,14-20,24H2,1H3. The fourth-order valence-electron chi connectivity index (χ4n) is 4.61. The number of rotatable bonds is 10. The van der Waals surface area contributed by atoms with Crippen molar-refractivity contribution in [3.05, 3.63) is 65.9 Å². The van der Waals surface area contributed by atoms with Crippen molar-refractivity contribution in [1.29, 1.82) is 5.26 Å². The van der Waals surface area contributed by atoms with Crippen LogP contribution in [0.3, 0.4) is 0 Å². The van der Waals surface area contributed by atoms with Gasteiger partial charge in [0.1, 0.15) is 19.0 Å². The number of hydrogen-bond acceptors (Lipinski definition) is 10. The maximum absolute atomic E-state index is 9.13. The van der Waals surface area contributed by atoms with Crippen LogP contribution in [0.15, 0.2) is 64.5 Å². The minimum absolute atomic E-state index is 0.102. The first-order valence-corrected chi connectivity index (χ1v) is 15.0. The normalized spacial score (nSPS) is 17.1. The summed E-state index contributed by atoms with van der Waals surface area (Å²) < 4.78 is 22.9. The molecule has 2 aromatic carbocycles. The smallest absolute Gasteiger partial charge is 0.232 e. The zero-order valence-corrected chi connectivity index (χ0v) is 24.6. The molecule has 9 nitrogen and oxygen atoms in total. The lowest BCUT2D eigenvalue weighted by Gasteiger charge is -2.33. The lowest BCUT2D eigenvalue weighted by molar-refractivity contribution is -0.154. The molecule has 5 rings (SSSR count). The number of piperazine rings is 1. The van der Waals surface area contributed by atoms with Gasteiger partial charge in [-0.1, -0.05) is 35.7 Å². The Balaban J connectivity index is 1.20. The average molecular weight is 586 g/mol.